The molecule has 1 aliphatic carbocycles. The molecule has 100 valence electrons. The summed E-state index contributed by atoms with van der Waals surface area (Å²) in [6, 6.07) is 4.75. The molecule has 0 radical (unpaired) electrons. The van der Waals surface area contributed by atoms with Crippen molar-refractivity contribution >= 4 is 11.6 Å². The molecule has 0 amide bonds. The molecule has 0 spiro atoms. The van der Waals surface area contributed by atoms with Gasteiger partial charge in [0.05, 0.1) is 12.7 Å². The van der Waals surface area contributed by atoms with Gasteiger partial charge in [0.15, 0.2) is 0 Å². The fourth-order valence-electron chi connectivity index (χ4n) is 2.27. The first-order chi connectivity index (χ1) is 8.77. The van der Waals surface area contributed by atoms with Crippen LogP contribution in [0.2, 0.25) is 5.02 Å². The van der Waals surface area contributed by atoms with Crippen molar-refractivity contribution in [3.8, 4) is 0 Å². The first kappa shape index (κ1) is 13.8. The Balaban J connectivity index is 1.65. The summed E-state index contributed by atoms with van der Waals surface area (Å²) in [4.78, 5) is 0. The molecule has 1 fully saturated rings. The Hall–Kier alpha value is -0.640. The van der Waals surface area contributed by atoms with Crippen LogP contribution in [-0.2, 0) is 11.3 Å². The van der Waals surface area contributed by atoms with Crippen LogP contribution >= 0.6 is 11.6 Å². The molecule has 1 N–H and O–H groups in total. The minimum atomic E-state index is -0.258. The Morgan fingerprint density at radius 2 is 2.11 bits per heavy atom. The van der Waals surface area contributed by atoms with E-state index in [0.717, 1.165) is 6.54 Å². The molecule has 1 aromatic rings. The van der Waals surface area contributed by atoms with Gasteiger partial charge in [-0.2, -0.15) is 0 Å². The van der Waals surface area contributed by atoms with E-state index in [1.807, 2.05) is 0 Å². The largest absolute Gasteiger partial charge is 0.377 e. The zero-order chi connectivity index (χ0) is 12.8. The number of nitrogens with one attached hydrogen (secondary N) is 1. The van der Waals surface area contributed by atoms with Crippen molar-refractivity contribution in [2.75, 3.05) is 13.2 Å². The Kier molecular flexibility index (Phi) is 5.42. The standard InChI is InChI=1S/C14H19ClFNO/c15-13-6-3-7-14(16)12(13)10-17-8-9-18-11-4-1-2-5-11/h3,6-7,11,17H,1-2,4-5,8-10H2. The molecular weight excluding hydrogens is 253 g/mol. The minimum absolute atomic E-state index is 0.258. The zero-order valence-corrected chi connectivity index (χ0v) is 11.2. The second-order valence-electron chi connectivity index (χ2n) is 4.65. The monoisotopic (exact) mass is 271 g/mol. The summed E-state index contributed by atoms with van der Waals surface area (Å²) in [6.45, 7) is 1.84. The molecule has 1 aromatic carbocycles. The van der Waals surface area contributed by atoms with Crippen LogP contribution in [0.3, 0.4) is 0 Å². The molecule has 2 nitrogen and oxygen atoms in total. The number of ether oxygens (including phenoxy) is 1. The highest BCUT2D eigenvalue weighted by Gasteiger charge is 2.14. The predicted molar refractivity (Wildman–Crippen MR) is 71.3 cm³/mol. The van der Waals surface area contributed by atoms with Gasteiger partial charge in [0.25, 0.3) is 0 Å². The molecule has 0 unspecified atom stereocenters. The topological polar surface area (TPSA) is 21.3 Å². The van der Waals surface area contributed by atoms with E-state index in [9.17, 15) is 4.39 Å². The number of halogens is 2. The summed E-state index contributed by atoms with van der Waals surface area (Å²) < 4.78 is 19.2. The summed E-state index contributed by atoms with van der Waals surface area (Å²) >= 11 is 5.93. The molecule has 0 bridgehead atoms. The van der Waals surface area contributed by atoms with Gasteiger partial charge >= 0.3 is 0 Å². The molecule has 4 heteroatoms. The van der Waals surface area contributed by atoms with Crippen LogP contribution in [0.4, 0.5) is 4.39 Å². The molecule has 2 rings (SSSR count). The molecular formula is C14H19ClFNO. The van der Waals surface area contributed by atoms with Crippen molar-refractivity contribution in [3.05, 3.63) is 34.6 Å². The van der Waals surface area contributed by atoms with Gasteiger partial charge in [-0.05, 0) is 25.0 Å². The maximum absolute atomic E-state index is 13.4. The smallest absolute Gasteiger partial charge is 0.129 e. The Morgan fingerprint density at radius 1 is 1.33 bits per heavy atom. The maximum atomic E-state index is 13.4. The van der Waals surface area contributed by atoms with Gasteiger partial charge in [-0.15, -0.1) is 0 Å². The van der Waals surface area contributed by atoms with E-state index in [-0.39, 0.29) is 5.82 Å². The van der Waals surface area contributed by atoms with E-state index in [1.54, 1.807) is 12.1 Å². The normalized spacial score (nSPS) is 16.3. The quantitative estimate of drug-likeness (QED) is 0.799. The zero-order valence-electron chi connectivity index (χ0n) is 10.4. The van der Waals surface area contributed by atoms with Crippen molar-refractivity contribution in [1.82, 2.24) is 5.32 Å². The van der Waals surface area contributed by atoms with Crippen molar-refractivity contribution < 1.29 is 9.13 Å². The third-order valence-corrected chi connectivity index (χ3v) is 3.65. The highest BCUT2D eigenvalue weighted by atomic mass is 35.5. The molecule has 0 heterocycles. The van der Waals surface area contributed by atoms with E-state index in [4.69, 9.17) is 16.3 Å². The second kappa shape index (κ2) is 7.07. The van der Waals surface area contributed by atoms with Gasteiger partial charge in [-0.25, -0.2) is 4.39 Å². The summed E-state index contributed by atoms with van der Waals surface area (Å²) in [5.41, 5.74) is 0.528. The molecule has 18 heavy (non-hydrogen) atoms. The molecule has 0 aromatic heterocycles. The third-order valence-electron chi connectivity index (χ3n) is 3.30. The second-order valence-corrected chi connectivity index (χ2v) is 5.06. The molecule has 0 saturated heterocycles. The average Bonchev–Trinajstić information content (AvgIpc) is 2.85. The lowest BCUT2D eigenvalue weighted by atomic mass is 10.2. The fraction of sp³-hybridized carbons (Fsp3) is 0.571. The summed E-state index contributed by atoms with van der Waals surface area (Å²) in [5, 5.41) is 3.63. The van der Waals surface area contributed by atoms with Crippen LogP contribution in [0.15, 0.2) is 18.2 Å². The minimum Gasteiger partial charge on any atom is -0.377 e. The van der Waals surface area contributed by atoms with E-state index in [0.29, 0.717) is 29.8 Å². The van der Waals surface area contributed by atoms with Crippen molar-refractivity contribution in [2.24, 2.45) is 0 Å². The van der Waals surface area contributed by atoms with Gasteiger partial charge in [0.2, 0.25) is 0 Å². The highest BCUT2D eigenvalue weighted by molar-refractivity contribution is 6.31. The van der Waals surface area contributed by atoms with Crippen molar-refractivity contribution in [2.45, 2.75) is 38.3 Å². The van der Waals surface area contributed by atoms with Gasteiger partial charge in [-0.3, -0.25) is 0 Å². The van der Waals surface area contributed by atoms with Crippen LogP contribution in [0, 0.1) is 5.82 Å². The van der Waals surface area contributed by atoms with Crippen LogP contribution in [0.5, 0.6) is 0 Å². The summed E-state index contributed by atoms with van der Waals surface area (Å²) in [7, 11) is 0. The SMILES string of the molecule is Fc1cccc(Cl)c1CNCCOC1CCCC1. The number of rotatable bonds is 6. The number of hydrogen-bond acceptors (Lipinski definition) is 2. The first-order valence-corrected chi connectivity index (χ1v) is 6.90. The Morgan fingerprint density at radius 3 is 2.83 bits per heavy atom. The van der Waals surface area contributed by atoms with Crippen molar-refractivity contribution in [1.29, 1.82) is 0 Å². The van der Waals surface area contributed by atoms with Crippen LogP contribution in [0.1, 0.15) is 31.2 Å². The molecule has 0 atom stereocenters. The van der Waals surface area contributed by atoms with Gasteiger partial charge in [0.1, 0.15) is 5.82 Å². The number of benzene rings is 1. The number of hydrogen-bond donors (Lipinski definition) is 1. The van der Waals surface area contributed by atoms with Crippen LogP contribution in [-0.4, -0.2) is 19.3 Å². The third kappa shape index (κ3) is 3.94. The van der Waals surface area contributed by atoms with E-state index >= 15 is 0 Å². The van der Waals surface area contributed by atoms with Crippen LogP contribution < -0.4 is 5.32 Å². The van der Waals surface area contributed by atoms with E-state index in [2.05, 4.69) is 5.32 Å². The van der Waals surface area contributed by atoms with Gasteiger partial charge in [-0.1, -0.05) is 30.5 Å². The van der Waals surface area contributed by atoms with Crippen molar-refractivity contribution in [3.63, 3.8) is 0 Å². The molecule has 1 saturated carbocycles. The lowest BCUT2D eigenvalue weighted by Gasteiger charge is -2.12. The summed E-state index contributed by atoms with van der Waals surface area (Å²) in [6.07, 6.45) is 5.35. The molecule has 0 aliphatic heterocycles. The van der Waals surface area contributed by atoms with E-state index in [1.165, 1.54) is 31.7 Å². The van der Waals surface area contributed by atoms with Gasteiger partial charge in [0, 0.05) is 23.7 Å². The summed E-state index contributed by atoms with van der Waals surface area (Å²) in [5.74, 6) is -0.258. The first-order valence-electron chi connectivity index (χ1n) is 6.52. The Labute approximate surface area is 112 Å². The van der Waals surface area contributed by atoms with Crippen LogP contribution in [0.25, 0.3) is 0 Å². The highest BCUT2D eigenvalue weighted by Crippen LogP contribution is 2.20. The molecule has 1 aliphatic rings. The Bertz CT molecular complexity index is 360. The average molecular weight is 272 g/mol. The predicted octanol–water partition coefficient (Wildman–Crippen LogP) is 3.53. The van der Waals surface area contributed by atoms with Gasteiger partial charge < -0.3 is 10.1 Å². The fourth-order valence-corrected chi connectivity index (χ4v) is 2.50. The maximum Gasteiger partial charge on any atom is 0.129 e. The lowest BCUT2D eigenvalue weighted by Crippen LogP contribution is -2.22. The lowest BCUT2D eigenvalue weighted by molar-refractivity contribution is 0.0602. The van der Waals surface area contributed by atoms with E-state index < -0.39 is 0 Å².